The Morgan fingerprint density at radius 3 is 2.44 bits per heavy atom. The summed E-state index contributed by atoms with van der Waals surface area (Å²) in [5.74, 6) is 0.161. The monoisotopic (exact) mass is 381 g/mol. The van der Waals surface area contributed by atoms with Crippen molar-refractivity contribution in [2.45, 2.75) is 50.8 Å². The molecule has 1 N–H and O–H groups in total. The van der Waals surface area contributed by atoms with Crippen LogP contribution < -0.4 is 9.50 Å². The van der Waals surface area contributed by atoms with Crippen LogP contribution in [0, 0.1) is 6.92 Å². The molecule has 1 amide bonds. The summed E-state index contributed by atoms with van der Waals surface area (Å²) in [4.78, 5) is 11.7. The van der Waals surface area contributed by atoms with Gasteiger partial charge >= 0.3 is 10.1 Å². The van der Waals surface area contributed by atoms with Crippen LogP contribution in [0.25, 0.3) is 0 Å². The zero-order chi connectivity index (χ0) is 18.8. The molecule has 1 heterocycles. The molecule has 0 fully saturated rings. The van der Waals surface area contributed by atoms with Gasteiger partial charge in [-0.05, 0) is 41.7 Å². The van der Waals surface area contributed by atoms with Crippen LogP contribution in [0.3, 0.4) is 0 Å². The highest BCUT2D eigenvalue weighted by atomic mass is 32.3. The first-order chi connectivity index (χ1) is 11.5. The van der Waals surface area contributed by atoms with Crippen molar-refractivity contribution in [2.75, 3.05) is 0 Å². The second-order valence-corrected chi connectivity index (χ2v) is 9.84. The first-order valence-electron chi connectivity index (χ1n) is 7.88. The summed E-state index contributed by atoms with van der Waals surface area (Å²) in [6.45, 7) is 9.84. The van der Waals surface area contributed by atoms with Gasteiger partial charge in [0.2, 0.25) is 5.91 Å². The molecule has 1 aromatic carbocycles. The van der Waals surface area contributed by atoms with Gasteiger partial charge in [0.15, 0.2) is 4.21 Å². The van der Waals surface area contributed by atoms with Crippen LogP contribution >= 0.6 is 11.3 Å². The Morgan fingerprint density at radius 1 is 1.20 bits per heavy atom. The Hall–Kier alpha value is -1.86. The number of hydrogen-bond acceptors (Lipinski definition) is 5. The molecule has 2 rings (SSSR count). The van der Waals surface area contributed by atoms with Gasteiger partial charge in [-0.1, -0.05) is 32.9 Å². The van der Waals surface area contributed by atoms with E-state index in [9.17, 15) is 13.2 Å². The van der Waals surface area contributed by atoms with Gasteiger partial charge in [0.05, 0.1) is 6.54 Å². The molecule has 1 aromatic heterocycles. The number of rotatable bonds is 5. The lowest BCUT2D eigenvalue weighted by molar-refractivity contribution is -0.119. The molecular formula is C18H23NO4S2. The number of nitrogens with one attached hydrogen (secondary N) is 1. The standard InChI is InChI=1S/C18H23NO4S2/c1-12-10-14(18(3,4)5)6-8-16(12)23-25(21,22)17-9-7-15(24-17)11-19-13(2)20/h6-10H,11H2,1-5H3,(H,19,20). The van der Waals surface area contributed by atoms with E-state index in [2.05, 4.69) is 26.1 Å². The molecule has 0 saturated carbocycles. The first-order valence-corrected chi connectivity index (χ1v) is 10.1. The molecular weight excluding hydrogens is 358 g/mol. The van der Waals surface area contributed by atoms with E-state index >= 15 is 0 Å². The second kappa shape index (κ2) is 7.17. The van der Waals surface area contributed by atoms with Crippen LogP contribution in [0.5, 0.6) is 5.75 Å². The van der Waals surface area contributed by atoms with Crippen molar-refractivity contribution in [2.24, 2.45) is 0 Å². The van der Waals surface area contributed by atoms with E-state index in [1.165, 1.54) is 13.0 Å². The van der Waals surface area contributed by atoms with Gasteiger partial charge in [0.1, 0.15) is 5.75 Å². The van der Waals surface area contributed by atoms with Crippen molar-refractivity contribution in [3.8, 4) is 5.75 Å². The Labute approximate surface area is 153 Å². The molecule has 2 aromatic rings. The smallest absolute Gasteiger partial charge is 0.348 e. The molecule has 0 unspecified atom stereocenters. The molecule has 5 nitrogen and oxygen atoms in total. The van der Waals surface area contributed by atoms with E-state index < -0.39 is 10.1 Å². The third-order valence-electron chi connectivity index (χ3n) is 3.64. The Kier molecular flexibility index (Phi) is 5.58. The lowest BCUT2D eigenvalue weighted by Gasteiger charge is -2.20. The highest BCUT2D eigenvalue weighted by Gasteiger charge is 2.21. The summed E-state index contributed by atoms with van der Waals surface area (Å²) in [5, 5.41) is 2.64. The largest absolute Gasteiger partial charge is 0.378 e. The molecule has 0 aliphatic carbocycles. The van der Waals surface area contributed by atoms with Crippen molar-refractivity contribution in [1.29, 1.82) is 0 Å². The summed E-state index contributed by atoms with van der Waals surface area (Å²) < 4.78 is 30.4. The summed E-state index contributed by atoms with van der Waals surface area (Å²) >= 11 is 1.09. The predicted molar refractivity (Wildman–Crippen MR) is 99.5 cm³/mol. The fourth-order valence-electron chi connectivity index (χ4n) is 2.17. The van der Waals surface area contributed by atoms with Gasteiger partial charge in [-0.15, -0.1) is 11.3 Å². The first kappa shape index (κ1) is 19.5. The minimum absolute atomic E-state index is 0.0193. The normalized spacial score (nSPS) is 12.0. The van der Waals surface area contributed by atoms with E-state index in [0.717, 1.165) is 27.3 Å². The highest BCUT2D eigenvalue weighted by Crippen LogP contribution is 2.30. The third kappa shape index (κ3) is 5.06. The van der Waals surface area contributed by atoms with Crippen molar-refractivity contribution in [1.82, 2.24) is 5.32 Å². The van der Waals surface area contributed by atoms with Gasteiger partial charge in [-0.3, -0.25) is 4.79 Å². The lowest BCUT2D eigenvalue weighted by atomic mass is 9.86. The maximum absolute atomic E-state index is 12.5. The minimum Gasteiger partial charge on any atom is -0.378 e. The van der Waals surface area contributed by atoms with Crippen molar-refractivity contribution in [3.05, 3.63) is 46.3 Å². The topological polar surface area (TPSA) is 72.5 Å². The molecule has 0 saturated heterocycles. The van der Waals surface area contributed by atoms with Crippen LogP contribution in [-0.2, 0) is 26.9 Å². The average molecular weight is 382 g/mol. The fourth-order valence-corrected chi connectivity index (χ4v) is 4.41. The number of amides is 1. The van der Waals surface area contributed by atoms with Gasteiger partial charge in [0.25, 0.3) is 0 Å². The second-order valence-electron chi connectivity index (χ2n) is 6.90. The number of hydrogen-bond donors (Lipinski definition) is 1. The van der Waals surface area contributed by atoms with Crippen molar-refractivity contribution >= 4 is 27.4 Å². The Bertz CT molecular complexity index is 877. The summed E-state index contributed by atoms with van der Waals surface area (Å²) in [5.41, 5.74) is 1.86. The van der Waals surface area contributed by atoms with Crippen LogP contribution in [0.4, 0.5) is 0 Å². The summed E-state index contributed by atoms with van der Waals surface area (Å²) in [7, 11) is -3.90. The molecule has 25 heavy (non-hydrogen) atoms. The number of benzene rings is 1. The molecule has 0 aliphatic rings. The van der Waals surface area contributed by atoms with Crippen LogP contribution in [-0.4, -0.2) is 14.3 Å². The molecule has 0 aliphatic heterocycles. The van der Waals surface area contributed by atoms with E-state index in [1.807, 2.05) is 19.1 Å². The molecule has 0 bridgehead atoms. The zero-order valence-corrected chi connectivity index (χ0v) is 16.7. The SMILES string of the molecule is CC(=O)NCc1ccc(S(=O)(=O)Oc2ccc(C(C)(C)C)cc2C)s1. The fraction of sp³-hybridized carbons (Fsp3) is 0.389. The number of aryl methyl sites for hydroxylation is 1. The van der Waals surface area contributed by atoms with Gasteiger partial charge in [0, 0.05) is 11.8 Å². The molecule has 0 radical (unpaired) electrons. The summed E-state index contributed by atoms with van der Waals surface area (Å²) in [6.07, 6.45) is 0. The van der Waals surface area contributed by atoms with Crippen LogP contribution in [0.1, 0.15) is 43.7 Å². The van der Waals surface area contributed by atoms with Crippen molar-refractivity contribution in [3.63, 3.8) is 0 Å². The molecule has 0 atom stereocenters. The molecule has 136 valence electrons. The molecule has 0 spiro atoms. The summed E-state index contributed by atoms with van der Waals surface area (Å²) in [6, 6.07) is 8.69. The minimum atomic E-state index is -3.90. The van der Waals surface area contributed by atoms with Gasteiger partial charge in [-0.25, -0.2) is 0 Å². The Balaban J connectivity index is 2.20. The maximum Gasteiger partial charge on any atom is 0.348 e. The van der Waals surface area contributed by atoms with E-state index in [4.69, 9.17) is 4.18 Å². The quantitative estimate of drug-likeness (QED) is 0.801. The highest BCUT2D eigenvalue weighted by molar-refractivity contribution is 7.89. The van der Waals surface area contributed by atoms with Crippen LogP contribution in [0.2, 0.25) is 0 Å². The van der Waals surface area contributed by atoms with Gasteiger partial charge in [-0.2, -0.15) is 8.42 Å². The van der Waals surface area contributed by atoms with Crippen molar-refractivity contribution < 1.29 is 17.4 Å². The van der Waals surface area contributed by atoms with E-state index in [0.29, 0.717) is 12.3 Å². The van der Waals surface area contributed by atoms with Gasteiger partial charge < -0.3 is 9.50 Å². The lowest BCUT2D eigenvalue weighted by Crippen LogP contribution is -2.18. The number of carbonyl (C=O) groups is 1. The zero-order valence-electron chi connectivity index (χ0n) is 15.0. The van der Waals surface area contributed by atoms with Crippen LogP contribution in [0.15, 0.2) is 34.5 Å². The van der Waals surface area contributed by atoms with E-state index in [1.54, 1.807) is 12.1 Å². The van der Waals surface area contributed by atoms with E-state index in [-0.39, 0.29) is 15.5 Å². The third-order valence-corrected chi connectivity index (χ3v) is 6.41. The molecule has 7 heteroatoms. The Morgan fingerprint density at radius 2 is 1.88 bits per heavy atom. The number of carbonyl (C=O) groups excluding carboxylic acids is 1. The average Bonchev–Trinajstić information content (AvgIpc) is 2.96. The predicted octanol–water partition coefficient (Wildman–Crippen LogP) is 3.76. The number of thiophene rings is 1. The maximum atomic E-state index is 12.5.